The Labute approximate surface area is 217 Å². The van der Waals surface area contributed by atoms with Gasteiger partial charge in [0, 0.05) is 28.6 Å². The van der Waals surface area contributed by atoms with Gasteiger partial charge in [-0.25, -0.2) is 25.1 Å². The number of rotatable bonds is 4. The van der Waals surface area contributed by atoms with Crippen LogP contribution in [0.5, 0.6) is 0 Å². The fraction of sp³-hybridized carbons (Fsp3) is 0.393. The SMILES string of the molecule is Cc1ccc(S(=O)(=O)n2cc(/C=C/C(=O)N3[C@@H]4C[C@H]5CC[C@]4(CS3(=O)=O)C5(C)C)c3ccccc32)cc1. The summed E-state index contributed by atoms with van der Waals surface area (Å²) >= 11 is 0. The largest absolute Gasteiger partial charge is 0.269 e. The maximum Gasteiger partial charge on any atom is 0.268 e. The van der Waals surface area contributed by atoms with Crippen LogP contribution in [0.3, 0.4) is 0 Å². The summed E-state index contributed by atoms with van der Waals surface area (Å²) in [7, 11) is -7.61. The van der Waals surface area contributed by atoms with Gasteiger partial charge < -0.3 is 0 Å². The first-order chi connectivity index (χ1) is 17.4. The fourth-order valence-electron chi connectivity index (χ4n) is 7.14. The molecule has 7 nitrogen and oxygen atoms in total. The van der Waals surface area contributed by atoms with Crippen molar-refractivity contribution in [2.45, 2.75) is 51.0 Å². The summed E-state index contributed by atoms with van der Waals surface area (Å²) in [6, 6.07) is 13.4. The highest BCUT2D eigenvalue weighted by Gasteiger charge is 2.72. The Morgan fingerprint density at radius 1 is 1.08 bits per heavy atom. The van der Waals surface area contributed by atoms with Crippen LogP contribution in [0.4, 0.5) is 0 Å². The number of aryl methyl sites for hydroxylation is 1. The van der Waals surface area contributed by atoms with E-state index in [-0.39, 0.29) is 22.1 Å². The number of carbonyl (C=O) groups excluding carboxylic acids is 1. The molecule has 2 heterocycles. The van der Waals surface area contributed by atoms with Crippen LogP contribution in [-0.2, 0) is 24.8 Å². The third-order valence-electron chi connectivity index (χ3n) is 9.32. The molecule has 3 fully saturated rings. The van der Waals surface area contributed by atoms with Crippen molar-refractivity contribution in [3.05, 3.63) is 71.9 Å². The summed E-state index contributed by atoms with van der Waals surface area (Å²) < 4.78 is 55.7. The van der Waals surface area contributed by atoms with Gasteiger partial charge in [-0.1, -0.05) is 49.7 Å². The minimum Gasteiger partial charge on any atom is -0.269 e. The van der Waals surface area contributed by atoms with Gasteiger partial charge in [-0.3, -0.25) is 4.79 Å². The van der Waals surface area contributed by atoms with E-state index in [1.807, 2.05) is 6.92 Å². The van der Waals surface area contributed by atoms with Crippen LogP contribution in [-0.4, -0.2) is 42.8 Å². The van der Waals surface area contributed by atoms with E-state index in [1.165, 1.54) is 22.3 Å². The van der Waals surface area contributed by atoms with Gasteiger partial charge >= 0.3 is 0 Å². The molecule has 0 radical (unpaired) electrons. The monoisotopic (exact) mass is 538 g/mol. The molecule has 6 rings (SSSR count). The van der Waals surface area contributed by atoms with Crippen molar-refractivity contribution < 1.29 is 21.6 Å². The summed E-state index contributed by atoms with van der Waals surface area (Å²) in [5, 5.41) is 0.657. The average molecular weight is 539 g/mol. The van der Waals surface area contributed by atoms with Gasteiger partial charge in [0.15, 0.2) is 0 Å². The molecule has 3 aliphatic rings. The van der Waals surface area contributed by atoms with E-state index >= 15 is 0 Å². The molecule has 2 aliphatic carbocycles. The van der Waals surface area contributed by atoms with E-state index < -0.39 is 31.4 Å². The molecule has 194 valence electrons. The molecule has 3 atom stereocenters. The molecule has 1 aromatic heterocycles. The summed E-state index contributed by atoms with van der Waals surface area (Å²) in [6.45, 7) is 6.18. The second-order valence-corrected chi connectivity index (χ2v) is 15.0. The number of aromatic nitrogens is 1. The van der Waals surface area contributed by atoms with Crippen molar-refractivity contribution in [2.75, 3.05) is 5.75 Å². The maximum atomic E-state index is 13.4. The number of sulfonamides is 1. The molecule has 1 spiro atoms. The number of benzene rings is 2. The number of amides is 1. The van der Waals surface area contributed by atoms with Gasteiger partial charge in [-0.2, -0.15) is 0 Å². The lowest BCUT2D eigenvalue weighted by Crippen LogP contribution is -2.43. The lowest BCUT2D eigenvalue weighted by molar-refractivity contribution is -0.123. The van der Waals surface area contributed by atoms with Crippen molar-refractivity contribution in [3.8, 4) is 0 Å². The third-order valence-corrected chi connectivity index (χ3v) is 12.9. The molecule has 0 unspecified atom stereocenters. The van der Waals surface area contributed by atoms with Crippen LogP contribution in [0, 0.1) is 23.7 Å². The molecule has 2 bridgehead atoms. The minimum absolute atomic E-state index is 0.0157. The van der Waals surface area contributed by atoms with Crippen LogP contribution in [0.2, 0.25) is 0 Å². The zero-order valence-electron chi connectivity index (χ0n) is 21.1. The first-order valence-electron chi connectivity index (χ1n) is 12.5. The van der Waals surface area contributed by atoms with Crippen LogP contribution in [0.15, 0.2) is 65.7 Å². The first kappa shape index (κ1) is 24.4. The van der Waals surface area contributed by atoms with Gasteiger partial charge in [0.05, 0.1) is 22.2 Å². The first-order valence-corrected chi connectivity index (χ1v) is 15.6. The molecule has 0 N–H and O–H groups in total. The Kier molecular flexibility index (Phi) is 5.15. The predicted octanol–water partition coefficient (Wildman–Crippen LogP) is 4.57. The molecule has 1 saturated heterocycles. The van der Waals surface area contributed by atoms with E-state index in [4.69, 9.17) is 0 Å². The molecular formula is C28H30N2O5S2. The van der Waals surface area contributed by atoms with Crippen LogP contribution in [0.25, 0.3) is 17.0 Å². The van der Waals surface area contributed by atoms with Crippen molar-refractivity contribution >= 4 is 42.9 Å². The highest BCUT2D eigenvalue weighted by atomic mass is 32.2. The van der Waals surface area contributed by atoms with Crippen molar-refractivity contribution in [2.24, 2.45) is 16.7 Å². The number of hydrogen-bond donors (Lipinski definition) is 0. The van der Waals surface area contributed by atoms with E-state index in [9.17, 15) is 21.6 Å². The van der Waals surface area contributed by atoms with E-state index in [0.29, 0.717) is 28.8 Å². The maximum absolute atomic E-state index is 13.4. The lowest BCUT2D eigenvalue weighted by atomic mass is 9.69. The predicted molar refractivity (Wildman–Crippen MR) is 143 cm³/mol. The highest BCUT2D eigenvalue weighted by molar-refractivity contribution is 7.90. The van der Waals surface area contributed by atoms with Gasteiger partial charge in [-0.05, 0) is 61.8 Å². The smallest absolute Gasteiger partial charge is 0.268 e. The van der Waals surface area contributed by atoms with Crippen molar-refractivity contribution in [3.63, 3.8) is 0 Å². The van der Waals surface area contributed by atoms with Crippen LogP contribution < -0.4 is 0 Å². The number of hydrogen-bond acceptors (Lipinski definition) is 5. The Morgan fingerprint density at radius 3 is 2.49 bits per heavy atom. The molecule has 3 aromatic rings. The number of nitrogens with zero attached hydrogens (tertiary/aromatic N) is 2. The van der Waals surface area contributed by atoms with Crippen molar-refractivity contribution in [1.29, 1.82) is 0 Å². The average Bonchev–Trinajstić information content (AvgIpc) is 3.48. The summed E-state index contributed by atoms with van der Waals surface area (Å²) in [4.78, 5) is 13.6. The van der Waals surface area contributed by atoms with Crippen LogP contribution >= 0.6 is 0 Å². The minimum atomic E-state index is -3.87. The van der Waals surface area contributed by atoms with Gasteiger partial charge in [0.25, 0.3) is 15.9 Å². The Morgan fingerprint density at radius 2 is 1.78 bits per heavy atom. The molecule has 2 aromatic carbocycles. The molecular weight excluding hydrogens is 508 g/mol. The standard InChI is InChI=1S/C28H30N2O5S2/c1-19-8-11-22(12-9-19)37(34,35)29-17-20(23-6-4-5-7-24(23)29)10-13-26(31)30-25-16-21-14-15-28(25,27(21,2)3)18-36(30,32)33/h4-13,17,21,25H,14-16,18H2,1-3H3/b13-10+/t21-,25-,28-/m1/s1. The number of fused-ring (bicyclic) bond motifs is 2. The summed E-state index contributed by atoms with van der Waals surface area (Å²) in [5.41, 5.74) is 1.45. The Balaban J connectivity index is 1.37. The Hall–Kier alpha value is -2.91. The number of para-hydroxylation sites is 1. The molecule has 37 heavy (non-hydrogen) atoms. The van der Waals surface area contributed by atoms with Crippen molar-refractivity contribution in [1.82, 2.24) is 8.28 Å². The number of carbonyl (C=O) groups is 1. The van der Waals surface area contributed by atoms with Gasteiger partial charge in [0.1, 0.15) is 0 Å². The highest BCUT2D eigenvalue weighted by Crippen LogP contribution is 2.70. The second kappa shape index (κ2) is 7.80. The second-order valence-electron chi connectivity index (χ2n) is 11.3. The van der Waals surface area contributed by atoms with E-state index in [0.717, 1.165) is 22.7 Å². The van der Waals surface area contributed by atoms with Gasteiger partial charge in [0.2, 0.25) is 10.0 Å². The molecule has 1 aliphatic heterocycles. The van der Waals surface area contributed by atoms with E-state index in [1.54, 1.807) is 48.5 Å². The van der Waals surface area contributed by atoms with Gasteiger partial charge in [-0.15, -0.1) is 0 Å². The lowest BCUT2D eigenvalue weighted by Gasteiger charge is -2.36. The molecule has 2 saturated carbocycles. The topological polar surface area (TPSA) is 93.5 Å². The molecule has 1 amide bonds. The zero-order chi connectivity index (χ0) is 26.4. The van der Waals surface area contributed by atoms with E-state index in [2.05, 4.69) is 13.8 Å². The quantitative estimate of drug-likeness (QED) is 0.454. The fourth-order valence-corrected chi connectivity index (χ4v) is 11.0. The van der Waals surface area contributed by atoms with Crippen LogP contribution in [0.1, 0.15) is 44.2 Å². The summed E-state index contributed by atoms with van der Waals surface area (Å²) in [5.74, 6) is -0.136. The zero-order valence-corrected chi connectivity index (χ0v) is 22.7. The molecule has 9 heteroatoms. The Bertz CT molecular complexity index is 1680. The third kappa shape index (κ3) is 3.32. The normalized spacial score (nSPS) is 27.8. The summed E-state index contributed by atoms with van der Waals surface area (Å²) in [6.07, 6.45) is 6.84.